The van der Waals surface area contributed by atoms with E-state index in [-0.39, 0.29) is 10.8 Å². The minimum atomic E-state index is 0.153. The molecule has 0 aliphatic rings. The van der Waals surface area contributed by atoms with Crippen molar-refractivity contribution >= 4 is 13.3 Å². The molecule has 0 aromatic heterocycles. The van der Waals surface area contributed by atoms with Crippen LogP contribution in [0.25, 0.3) is 22.3 Å². The minimum Gasteiger partial charge on any atom is -0.0813 e. The summed E-state index contributed by atoms with van der Waals surface area (Å²) in [7, 11) is 6.60. The van der Waals surface area contributed by atoms with Crippen molar-refractivity contribution in [3.8, 4) is 22.3 Å². The molecule has 3 rings (SSSR count). The molecule has 0 N–H and O–H groups in total. The van der Waals surface area contributed by atoms with Crippen LogP contribution in [0.4, 0.5) is 0 Å². The second-order valence-electron chi connectivity index (χ2n) is 9.42. The summed E-state index contributed by atoms with van der Waals surface area (Å²) >= 11 is 0. The first-order chi connectivity index (χ1) is 12.6. The predicted octanol–water partition coefficient (Wildman–Crippen LogP) is 6.41. The van der Waals surface area contributed by atoms with E-state index in [9.17, 15) is 0 Å². The minimum absolute atomic E-state index is 0.153. The fourth-order valence-electron chi connectivity index (χ4n) is 3.37. The Morgan fingerprint density at radius 3 is 1.15 bits per heavy atom. The van der Waals surface area contributed by atoms with Gasteiger partial charge < -0.3 is 0 Å². The van der Waals surface area contributed by atoms with E-state index in [0.717, 1.165) is 27.7 Å². The molecule has 136 valence electrons. The van der Waals surface area contributed by atoms with Crippen molar-refractivity contribution in [1.29, 1.82) is 0 Å². The Morgan fingerprint density at radius 2 is 0.852 bits per heavy atom. The van der Waals surface area contributed by atoms with Gasteiger partial charge in [-0.2, -0.15) is 0 Å². The zero-order valence-corrected chi connectivity index (χ0v) is 17.4. The van der Waals surface area contributed by atoms with E-state index in [1.54, 1.807) is 0 Å². The van der Waals surface area contributed by atoms with Gasteiger partial charge in [-0.05, 0) is 44.2 Å². The second-order valence-corrected chi connectivity index (χ2v) is 9.42. The molecule has 2 radical (unpaired) electrons. The highest BCUT2D eigenvalue weighted by Gasteiger charge is 2.15. The molecule has 0 amide bonds. The maximum atomic E-state index is 6.60. The van der Waals surface area contributed by atoms with Gasteiger partial charge >= 0.3 is 0 Å². The molecule has 3 aromatic carbocycles. The Bertz CT molecular complexity index is 842. The van der Waals surface area contributed by atoms with Gasteiger partial charge in [0.2, 0.25) is 0 Å². The van der Waals surface area contributed by atoms with Gasteiger partial charge in [-0.25, -0.2) is 0 Å². The highest BCUT2D eigenvalue weighted by molar-refractivity contribution is 6.39. The molecule has 1 heteroatoms. The second kappa shape index (κ2) is 7.04. The van der Waals surface area contributed by atoms with Gasteiger partial charge in [0.1, 0.15) is 7.85 Å². The van der Waals surface area contributed by atoms with Crippen LogP contribution in [-0.2, 0) is 10.8 Å². The highest BCUT2D eigenvalue weighted by atomic mass is 14.2. The fourth-order valence-corrected chi connectivity index (χ4v) is 3.37. The Balaban J connectivity index is 1.99. The summed E-state index contributed by atoms with van der Waals surface area (Å²) in [5.74, 6) is 0. The smallest absolute Gasteiger partial charge is 0.0813 e. The molecule has 0 aliphatic heterocycles. The quantitative estimate of drug-likeness (QED) is 0.468. The maximum absolute atomic E-state index is 6.60. The average Bonchev–Trinajstić information content (AvgIpc) is 2.61. The zero-order valence-electron chi connectivity index (χ0n) is 17.4. The Hall–Kier alpha value is -2.28. The van der Waals surface area contributed by atoms with E-state index in [1.165, 1.54) is 11.1 Å². The van der Waals surface area contributed by atoms with Crippen molar-refractivity contribution in [2.24, 2.45) is 0 Å². The first kappa shape index (κ1) is 19.5. The van der Waals surface area contributed by atoms with E-state index in [4.69, 9.17) is 7.85 Å². The van der Waals surface area contributed by atoms with E-state index in [2.05, 4.69) is 108 Å². The standard InChI is InChI=1S/C26H29B/c1-25(2,3)20-14-10-18(11-15-20)22-8-7-9-23(24(22)27)19-12-16-21(17-13-19)26(4,5)6/h7-17H,1-6H3. The van der Waals surface area contributed by atoms with Gasteiger partial charge in [-0.1, -0.05) is 114 Å². The third-order valence-electron chi connectivity index (χ3n) is 5.23. The number of hydrogen-bond acceptors (Lipinski definition) is 0. The summed E-state index contributed by atoms with van der Waals surface area (Å²) in [5.41, 5.74) is 8.31. The van der Waals surface area contributed by atoms with E-state index < -0.39 is 0 Å². The van der Waals surface area contributed by atoms with Gasteiger partial charge in [0.15, 0.2) is 0 Å². The van der Waals surface area contributed by atoms with Gasteiger partial charge in [0, 0.05) is 0 Å². The maximum Gasteiger partial charge on any atom is 0.115 e. The third-order valence-corrected chi connectivity index (χ3v) is 5.23. The first-order valence-corrected chi connectivity index (χ1v) is 9.68. The molecular weight excluding hydrogens is 323 g/mol. The van der Waals surface area contributed by atoms with Crippen LogP contribution in [0, 0.1) is 0 Å². The lowest BCUT2D eigenvalue weighted by molar-refractivity contribution is 0.590. The largest absolute Gasteiger partial charge is 0.115 e. The normalized spacial score (nSPS) is 12.2. The van der Waals surface area contributed by atoms with Crippen LogP contribution in [0.1, 0.15) is 52.7 Å². The van der Waals surface area contributed by atoms with Crippen molar-refractivity contribution in [3.63, 3.8) is 0 Å². The van der Waals surface area contributed by atoms with Crippen LogP contribution in [0.3, 0.4) is 0 Å². The summed E-state index contributed by atoms with van der Waals surface area (Å²) in [6, 6.07) is 23.9. The molecule has 0 saturated heterocycles. The Labute approximate surface area is 166 Å². The molecule has 3 aromatic rings. The number of hydrogen-bond donors (Lipinski definition) is 0. The van der Waals surface area contributed by atoms with Crippen LogP contribution in [0.5, 0.6) is 0 Å². The predicted molar refractivity (Wildman–Crippen MR) is 120 cm³/mol. The molecule has 0 nitrogen and oxygen atoms in total. The van der Waals surface area contributed by atoms with E-state index in [0.29, 0.717) is 0 Å². The molecule has 0 heterocycles. The van der Waals surface area contributed by atoms with Crippen LogP contribution >= 0.6 is 0 Å². The monoisotopic (exact) mass is 352 g/mol. The summed E-state index contributed by atoms with van der Waals surface area (Å²) in [5, 5.41) is 0. The first-order valence-electron chi connectivity index (χ1n) is 9.68. The van der Waals surface area contributed by atoms with Crippen LogP contribution in [-0.4, -0.2) is 7.85 Å². The van der Waals surface area contributed by atoms with Crippen molar-refractivity contribution < 1.29 is 0 Å². The fraction of sp³-hybridized carbons (Fsp3) is 0.308. The van der Waals surface area contributed by atoms with Crippen LogP contribution < -0.4 is 5.46 Å². The van der Waals surface area contributed by atoms with Gasteiger partial charge in [-0.15, -0.1) is 0 Å². The summed E-state index contributed by atoms with van der Waals surface area (Å²) in [6.07, 6.45) is 0. The van der Waals surface area contributed by atoms with Crippen molar-refractivity contribution in [3.05, 3.63) is 77.9 Å². The Morgan fingerprint density at radius 1 is 0.519 bits per heavy atom. The summed E-state index contributed by atoms with van der Waals surface area (Å²) in [4.78, 5) is 0. The lowest BCUT2D eigenvalue weighted by Gasteiger charge is -2.20. The lowest BCUT2D eigenvalue weighted by atomic mass is 9.79. The van der Waals surface area contributed by atoms with Gasteiger partial charge in [0.05, 0.1) is 0 Å². The highest BCUT2D eigenvalue weighted by Crippen LogP contribution is 2.29. The van der Waals surface area contributed by atoms with Crippen molar-refractivity contribution in [2.45, 2.75) is 52.4 Å². The van der Waals surface area contributed by atoms with Crippen molar-refractivity contribution in [1.82, 2.24) is 0 Å². The average molecular weight is 352 g/mol. The summed E-state index contributed by atoms with van der Waals surface area (Å²) < 4.78 is 0. The molecule has 0 bridgehead atoms. The lowest BCUT2D eigenvalue weighted by Crippen LogP contribution is -2.13. The molecule has 27 heavy (non-hydrogen) atoms. The molecule has 0 atom stereocenters. The molecule has 0 aliphatic carbocycles. The SMILES string of the molecule is [B]c1c(-c2ccc(C(C)(C)C)cc2)cccc1-c1ccc(C(C)(C)C)cc1. The van der Waals surface area contributed by atoms with Gasteiger partial charge in [-0.3, -0.25) is 0 Å². The number of rotatable bonds is 2. The van der Waals surface area contributed by atoms with E-state index in [1.807, 2.05) is 0 Å². The molecule has 0 saturated carbocycles. The molecule has 0 spiro atoms. The van der Waals surface area contributed by atoms with E-state index >= 15 is 0 Å². The zero-order chi connectivity index (χ0) is 19.8. The Kier molecular flexibility index (Phi) is 5.08. The topological polar surface area (TPSA) is 0 Å². The number of benzene rings is 3. The van der Waals surface area contributed by atoms with Crippen molar-refractivity contribution in [2.75, 3.05) is 0 Å². The molecule has 0 fully saturated rings. The van der Waals surface area contributed by atoms with Crippen LogP contribution in [0.2, 0.25) is 0 Å². The molecular formula is C26H29B. The van der Waals surface area contributed by atoms with Crippen LogP contribution in [0.15, 0.2) is 66.7 Å². The molecule has 0 unspecified atom stereocenters. The van der Waals surface area contributed by atoms with Gasteiger partial charge in [0.25, 0.3) is 0 Å². The summed E-state index contributed by atoms with van der Waals surface area (Å²) in [6.45, 7) is 13.4. The third kappa shape index (κ3) is 4.19.